The van der Waals surface area contributed by atoms with E-state index in [0.717, 1.165) is 25.3 Å². The molecule has 1 aromatic carbocycles. The number of hydrogen-bond acceptors (Lipinski definition) is 4. The van der Waals surface area contributed by atoms with Gasteiger partial charge in [-0.2, -0.15) is 0 Å². The zero-order valence-corrected chi connectivity index (χ0v) is 15.3. The fraction of sp³-hybridized carbons (Fsp3) is 0.316. The smallest absolute Gasteiger partial charge is 0.107 e. The Bertz CT molecular complexity index is 698. The molecule has 23 heavy (non-hydrogen) atoms. The second kappa shape index (κ2) is 7.95. The first-order valence-corrected chi connectivity index (χ1v) is 9.76. The van der Waals surface area contributed by atoms with Gasteiger partial charge in [0.25, 0.3) is 0 Å². The van der Waals surface area contributed by atoms with E-state index in [1.54, 1.807) is 0 Å². The highest BCUT2D eigenvalue weighted by Gasteiger charge is 2.07. The molecule has 0 unspecified atom stereocenters. The summed E-state index contributed by atoms with van der Waals surface area (Å²) in [6.07, 6.45) is 9.62. The van der Waals surface area contributed by atoms with Crippen molar-refractivity contribution in [3.8, 4) is 0 Å². The van der Waals surface area contributed by atoms with Crippen LogP contribution >= 0.6 is 23.1 Å². The van der Waals surface area contributed by atoms with Crippen LogP contribution in [0.2, 0.25) is 0 Å². The van der Waals surface area contributed by atoms with Gasteiger partial charge in [-0.05, 0) is 30.7 Å². The molecule has 1 aliphatic heterocycles. The molecule has 0 fully saturated rings. The van der Waals surface area contributed by atoms with E-state index in [9.17, 15) is 0 Å². The lowest BCUT2D eigenvalue weighted by molar-refractivity contribution is 0.318. The third-order valence-electron chi connectivity index (χ3n) is 3.76. The van der Waals surface area contributed by atoms with Gasteiger partial charge in [-0.15, -0.1) is 23.1 Å². The van der Waals surface area contributed by atoms with Crippen molar-refractivity contribution in [1.82, 2.24) is 9.88 Å². The van der Waals surface area contributed by atoms with E-state index in [2.05, 4.69) is 66.3 Å². The standard InChI is InChI=1S/C19H22N2S2/c1-3-17-12-20-19(23-17)14-21(2)13-15-7-9-16(10-8-15)18-6-4-5-11-22-18/h4-10,12H,3,11,13-14H2,1-2H3. The van der Waals surface area contributed by atoms with Gasteiger partial charge in [0.2, 0.25) is 0 Å². The molecule has 1 aliphatic rings. The van der Waals surface area contributed by atoms with E-state index in [4.69, 9.17) is 0 Å². The number of aryl methyl sites for hydroxylation is 1. The summed E-state index contributed by atoms with van der Waals surface area (Å²) in [6.45, 7) is 4.05. The van der Waals surface area contributed by atoms with Crippen molar-refractivity contribution in [1.29, 1.82) is 0 Å². The minimum atomic E-state index is 0.915. The van der Waals surface area contributed by atoms with Crippen LogP contribution < -0.4 is 0 Å². The number of thiazole rings is 1. The maximum Gasteiger partial charge on any atom is 0.107 e. The van der Waals surface area contributed by atoms with E-state index in [1.807, 2.05) is 29.3 Å². The summed E-state index contributed by atoms with van der Waals surface area (Å²) in [5, 5.41) is 1.21. The molecule has 0 spiro atoms. The molecule has 4 heteroatoms. The molecule has 0 bridgehead atoms. The molecule has 0 atom stereocenters. The van der Waals surface area contributed by atoms with Crippen molar-refractivity contribution in [2.45, 2.75) is 26.4 Å². The maximum atomic E-state index is 4.50. The minimum Gasteiger partial charge on any atom is -0.295 e. The van der Waals surface area contributed by atoms with Crippen LogP contribution in [0.25, 0.3) is 4.91 Å². The predicted octanol–water partition coefficient (Wildman–Crippen LogP) is 4.98. The van der Waals surface area contributed by atoms with Gasteiger partial charge in [0.15, 0.2) is 0 Å². The number of hydrogen-bond donors (Lipinski definition) is 0. The maximum absolute atomic E-state index is 4.50. The summed E-state index contributed by atoms with van der Waals surface area (Å²) < 4.78 is 0. The molecule has 0 saturated carbocycles. The van der Waals surface area contributed by atoms with Crippen LogP contribution in [0.1, 0.15) is 27.9 Å². The second-order valence-corrected chi connectivity index (χ2v) is 7.97. The van der Waals surface area contributed by atoms with Crippen LogP contribution in [0.15, 0.2) is 48.7 Å². The Morgan fingerprint density at radius 1 is 1.17 bits per heavy atom. The third-order valence-corrected chi connectivity index (χ3v) is 5.93. The molecule has 120 valence electrons. The quantitative estimate of drug-likeness (QED) is 0.736. The minimum absolute atomic E-state index is 0.915. The number of thioether (sulfide) groups is 1. The van der Waals surface area contributed by atoms with Crippen LogP contribution in [-0.4, -0.2) is 22.7 Å². The van der Waals surface area contributed by atoms with Gasteiger partial charge in [0, 0.05) is 28.3 Å². The van der Waals surface area contributed by atoms with Crippen LogP contribution in [0.4, 0.5) is 0 Å². The number of benzene rings is 1. The molecular weight excluding hydrogens is 320 g/mol. The third kappa shape index (κ3) is 4.56. The first-order chi connectivity index (χ1) is 11.2. The topological polar surface area (TPSA) is 16.1 Å². The Kier molecular flexibility index (Phi) is 5.70. The van der Waals surface area contributed by atoms with Gasteiger partial charge in [-0.3, -0.25) is 4.90 Å². The van der Waals surface area contributed by atoms with Crippen LogP contribution in [-0.2, 0) is 19.5 Å². The Morgan fingerprint density at radius 3 is 2.65 bits per heavy atom. The van der Waals surface area contributed by atoms with Gasteiger partial charge >= 0.3 is 0 Å². The number of rotatable bonds is 6. The fourth-order valence-electron chi connectivity index (χ4n) is 2.53. The first kappa shape index (κ1) is 16.5. The number of nitrogens with zero attached hydrogens (tertiary/aromatic N) is 2. The van der Waals surface area contributed by atoms with Crippen molar-refractivity contribution in [3.63, 3.8) is 0 Å². The Morgan fingerprint density at radius 2 is 2.00 bits per heavy atom. The molecule has 2 aromatic rings. The zero-order valence-electron chi connectivity index (χ0n) is 13.7. The molecule has 1 aromatic heterocycles. The summed E-state index contributed by atoms with van der Waals surface area (Å²) in [5.41, 5.74) is 2.67. The lowest BCUT2D eigenvalue weighted by Gasteiger charge is -2.16. The molecule has 0 radical (unpaired) electrons. The van der Waals surface area contributed by atoms with Gasteiger partial charge in [0.05, 0.1) is 6.54 Å². The molecule has 3 rings (SSSR count). The Hall–Kier alpha value is -1.36. The van der Waals surface area contributed by atoms with E-state index < -0.39 is 0 Å². The molecular formula is C19H22N2S2. The van der Waals surface area contributed by atoms with E-state index in [1.165, 1.54) is 25.9 Å². The van der Waals surface area contributed by atoms with E-state index in [0.29, 0.717) is 0 Å². The summed E-state index contributed by atoms with van der Waals surface area (Å²) in [5.74, 6) is 1.07. The second-order valence-electron chi connectivity index (χ2n) is 5.71. The number of allylic oxidation sites excluding steroid dienone is 2. The van der Waals surface area contributed by atoms with Crippen molar-refractivity contribution >= 4 is 28.0 Å². The summed E-state index contributed by atoms with van der Waals surface area (Å²) in [7, 11) is 2.16. The highest BCUT2D eigenvalue weighted by atomic mass is 32.2. The monoisotopic (exact) mass is 342 g/mol. The largest absolute Gasteiger partial charge is 0.295 e. The Labute approximate surface area is 146 Å². The SMILES string of the molecule is CCc1cnc(CN(C)Cc2ccc(C3=CC=CCS3)cc2)s1. The van der Waals surface area contributed by atoms with E-state index >= 15 is 0 Å². The van der Waals surface area contributed by atoms with Crippen molar-refractivity contribution in [3.05, 3.63) is 69.7 Å². The normalized spacial score (nSPS) is 14.3. The van der Waals surface area contributed by atoms with Gasteiger partial charge in [-0.1, -0.05) is 43.3 Å². The van der Waals surface area contributed by atoms with Crippen LogP contribution in [0.5, 0.6) is 0 Å². The molecule has 0 aliphatic carbocycles. The zero-order chi connectivity index (χ0) is 16.1. The molecule has 2 heterocycles. The van der Waals surface area contributed by atoms with E-state index in [-0.39, 0.29) is 0 Å². The van der Waals surface area contributed by atoms with Gasteiger partial charge in [0.1, 0.15) is 5.01 Å². The Balaban J connectivity index is 1.59. The average Bonchev–Trinajstić information content (AvgIpc) is 3.04. The van der Waals surface area contributed by atoms with Gasteiger partial charge in [-0.25, -0.2) is 4.98 Å². The average molecular weight is 343 g/mol. The highest BCUT2D eigenvalue weighted by Crippen LogP contribution is 2.30. The van der Waals surface area contributed by atoms with Crippen LogP contribution in [0.3, 0.4) is 0 Å². The van der Waals surface area contributed by atoms with Crippen molar-refractivity contribution in [2.75, 3.05) is 12.8 Å². The van der Waals surface area contributed by atoms with Crippen molar-refractivity contribution in [2.24, 2.45) is 0 Å². The fourth-order valence-corrected chi connectivity index (χ4v) is 4.34. The van der Waals surface area contributed by atoms with Crippen LogP contribution in [0, 0.1) is 0 Å². The predicted molar refractivity (Wildman–Crippen MR) is 103 cm³/mol. The summed E-state index contributed by atoms with van der Waals surface area (Å²) >= 11 is 3.72. The molecule has 0 amide bonds. The first-order valence-electron chi connectivity index (χ1n) is 7.95. The molecule has 0 saturated heterocycles. The summed E-state index contributed by atoms with van der Waals surface area (Å²) in [6, 6.07) is 8.95. The summed E-state index contributed by atoms with van der Waals surface area (Å²) in [4.78, 5) is 9.56. The molecule has 2 nitrogen and oxygen atoms in total. The lowest BCUT2D eigenvalue weighted by atomic mass is 10.1. The lowest BCUT2D eigenvalue weighted by Crippen LogP contribution is -2.17. The van der Waals surface area contributed by atoms with Gasteiger partial charge < -0.3 is 0 Å². The number of aromatic nitrogens is 1. The highest BCUT2D eigenvalue weighted by molar-refractivity contribution is 8.08. The molecule has 0 N–H and O–H groups in total. The van der Waals surface area contributed by atoms with Crippen molar-refractivity contribution < 1.29 is 0 Å².